The van der Waals surface area contributed by atoms with Crippen molar-refractivity contribution in [2.75, 3.05) is 0 Å². The van der Waals surface area contributed by atoms with Crippen LogP contribution in [0.3, 0.4) is 0 Å². The summed E-state index contributed by atoms with van der Waals surface area (Å²) in [6, 6.07) is 0. The first-order valence-corrected chi connectivity index (χ1v) is 6.88. The predicted octanol–water partition coefficient (Wildman–Crippen LogP) is 4.44. The number of hydrogen-bond acceptors (Lipinski definition) is 1. The maximum absolute atomic E-state index is 11.2. The summed E-state index contributed by atoms with van der Waals surface area (Å²) in [5.41, 5.74) is 3.47. The van der Waals surface area contributed by atoms with Gasteiger partial charge in [-0.05, 0) is 55.6 Å². The van der Waals surface area contributed by atoms with Crippen molar-refractivity contribution < 1.29 is 4.79 Å². The number of carbonyl (C=O) groups excluding carboxylic acids is 1. The monoisotopic (exact) mass is 232 g/mol. The summed E-state index contributed by atoms with van der Waals surface area (Å²) >= 11 is 0. The Morgan fingerprint density at radius 3 is 2.65 bits per heavy atom. The molecule has 0 spiro atoms. The second-order valence-corrected chi connectivity index (χ2v) is 6.47. The molecule has 0 aromatic heterocycles. The van der Waals surface area contributed by atoms with Gasteiger partial charge >= 0.3 is 0 Å². The molecular weight excluding hydrogens is 208 g/mol. The van der Waals surface area contributed by atoms with Crippen LogP contribution in [-0.4, -0.2) is 5.78 Å². The molecule has 0 bridgehead atoms. The van der Waals surface area contributed by atoms with E-state index >= 15 is 0 Å². The van der Waals surface area contributed by atoms with Gasteiger partial charge in [0.2, 0.25) is 0 Å². The van der Waals surface area contributed by atoms with Crippen LogP contribution in [0.25, 0.3) is 0 Å². The summed E-state index contributed by atoms with van der Waals surface area (Å²) in [5.74, 6) is 1.03. The van der Waals surface area contributed by atoms with Crippen molar-refractivity contribution in [1.82, 2.24) is 0 Å². The van der Waals surface area contributed by atoms with E-state index in [4.69, 9.17) is 0 Å². The molecule has 1 nitrogen and oxygen atoms in total. The van der Waals surface area contributed by atoms with Gasteiger partial charge < -0.3 is 0 Å². The second kappa shape index (κ2) is 4.80. The fourth-order valence-electron chi connectivity index (χ4n) is 3.28. The lowest BCUT2D eigenvalue weighted by Crippen LogP contribution is -2.24. The molecule has 2 aliphatic carbocycles. The molecule has 94 valence electrons. The van der Waals surface area contributed by atoms with Crippen molar-refractivity contribution in [3.63, 3.8) is 0 Å². The van der Waals surface area contributed by atoms with E-state index in [0.29, 0.717) is 11.8 Å². The van der Waals surface area contributed by atoms with Crippen LogP contribution in [-0.2, 0) is 4.79 Å². The number of hydrogen-bond donors (Lipinski definition) is 0. The Labute approximate surface area is 105 Å². The number of rotatable bonds is 1. The third-order valence-electron chi connectivity index (χ3n) is 4.44. The van der Waals surface area contributed by atoms with Crippen LogP contribution >= 0.6 is 0 Å². The zero-order valence-corrected chi connectivity index (χ0v) is 11.4. The van der Waals surface area contributed by atoms with Crippen LogP contribution in [0.5, 0.6) is 0 Å². The molecule has 0 aromatic carbocycles. The Hall–Kier alpha value is -0.850. The van der Waals surface area contributed by atoms with Crippen LogP contribution in [0.15, 0.2) is 23.3 Å². The standard InChI is InChI=1S/C16H24O/c1-12(13-6-8-15(17)9-7-13)14-5-4-10-16(2,3)11-14/h6,8,14H,4-5,7,9-11H2,1-3H3. The molecule has 1 saturated carbocycles. The van der Waals surface area contributed by atoms with E-state index in [2.05, 4.69) is 26.8 Å². The lowest BCUT2D eigenvalue weighted by Gasteiger charge is -2.36. The van der Waals surface area contributed by atoms with E-state index in [1.165, 1.54) is 31.3 Å². The van der Waals surface area contributed by atoms with E-state index in [9.17, 15) is 4.79 Å². The zero-order valence-electron chi connectivity index (χ0n) is 11.4. The Kier molecular flexibility index (Phi) is 3.56. The molecule has 1 heteroatoms. The van der Waals surface area contributed by atoms with Crippen LogP contribution in [0.4, 0.5) is 0 Å². The average Bonchev–Trinajstić information content (AvgIpc) is 2.28. The van der Waals surface area contributed by atoms with Gasteiger partial charge in [0.1, 0.15) is 0 Å². The highest BCUT2D eigenvalue weighted by Crippen LogP contribution is 2.42. The lowest BCUT2D eigenvalue weighted by atomic mass is 9.69. The number of allylic oxidation sites excluding steroid dienone is 4. The van der Waals surface area contributed by atoms with Gasteiger partial charge in [-0.15, -0.1) is 0 Å². The molecule has 0 aliphatic heterocycles. The normalized spacial score (nSPS) is 31.5. The molecule has 17 heavy (non-hydrogen) atoms. The van der Waals surface area contributed by atoms with Crippen molar-refractivity contribution in [3.05, 3.63) is 23.3 Å². The summed E-state index contributed by atoms with van der Waals surface area (Å²) in [7, 11) is 0. The minimum atomic E-state index is 0.283. The predicted molar refractivity (Wildman–Crippen MR) is 71.8 cm³/mol. The highest BCUT2D eigenvalue weighted by molar-refractivity contribution is 5.91. The first-order chi connectivity index (χ1) is 7.98. The largest absolute Gasteiger partial charge is 0.295 e. The first-order valence-electron chi connectivity index (χ1n) is 6.88. The van der Waals surface area contributed by atoms with Gasteiger partial charge in [0.15, 0.2) is 5.78 Å². The molecule has 0 saturated heterocycles. The van der Waals surface area contributed by atoms with Crippen molar-refractivity contribution in [3.8, 4) is 0 Å². The molecular formula is C16H24O. The Balaban J connectivity index is 2.14. The summed E-state index contributed by atoms with van der Waals surface area (Å²) in [6.07, 6.45) is 10.8. The van der Waals surface area contributed by atoms with E-state index < -0.39 is 0 Å². The van der Waals surface area contributed by atoms with Crippen LogP contribution in [0, 0.1) is 11.3 Å². The molecule has 0 N–H and O–H groups in total. The molecule has 0 amide bonds. The van der Waals surface area contributed by atoms with Crippen LogP contribution in [0.2, 0.25) is 0 Å². The van der Waals surface area contributed by atoms with E-state index in [1.807, 2.05) is 0 Å². The van der Waals surface area contributed by atoms with Gasteiger partial charge in [0.25, 0.3) is 0 Å². The molecule has 2 rings (SSSR count). The molecule has 1 unspecified atom stereocenters. The van der Waals surface area contributed by atoms with Gasteiger partial charge in [-0.25, -0.2) is 0 Å². The van der Waals surface area contributed by atoms with Gasteiger partial charge in [-0.2, -0.15) is 0 Å². The summed E-state index contributed by atoms with van der Waals surface area (Å²) in [6.45, 7) is 7.05. The Morgan fingerprint density at radius 1 is 1.29 bits per heavy atom. The van der Waals surface area contributed by atoms with Gasteiger partial charge in [0, 0.05) is 6.42 Å². The SMILES string of the molecule is CC(=C1C=CC(=O)CC1)C1CCCC(C)(C)C1. The highest BCUT2D eigenvalue weighted by atomic mass is 16.1. The van der Waals surface area contributed by atoms with E-state index in [1.54, 1.807) is 11.6 Å². The quantitative estimate of drug-likeness (QED) is 0.653. The average molecular weight is 232 g/mol. The zero-order chi connectivity index (χ0) is 12.5. The molecule has 2 aliphatic rings. The molecule has 0 radical (unpaired) electrons. The summed E-state index contributed by atoms with van der Waals surface area (Å²) < 4.78 is 0. The van der Waals surface area contributed by atoms with Crippen LogP contribution < -0.4 is 0 Å². The maximum Gasteiger partial charge on any atom is 0.156 e. The van der Waals surface area contributed by atoms with Crippen molar-refractivity contribution in [2.24, 2.45) is 11.3 Å². The molecule has 0 aromatic rings. The fraction of sp³-hybridized carbons (Fsp3) is 0.688. The number of carbonyl (C=O) groups is 1. The van der Waals surface area contributed by atoms with Gasteiger partial charge in [0.05, 0.1) is 0 Å². The Bertz CT molecular complexity index is 371. The lowest BCUT2D eigenvalue weighted by molar-refractivity contribution is -0.114. The first kappa shape index (κ1) is 12.6. The van der Waals surface area contributed by atoms with Crippen molar-refractivity contribution >= 4 is 5.78 Å². The van der Waals surface area contributed by atoms with Crippen molar-refractivity contribution in [1.29, 1.82) is 0 Å². The highest BCUT2D eigenvalue weighted by Gasteiger charge is 2.29. The van der Waals surface area contributed by atoms with Crippen LogP contribution in [0.1, 0.15) is 59.3 Å². The number of ketones is 1. The maximum atomic E-state index is 11.2. The summed E-state index contributed by atoms with van der Waals surface area (Å²) in [4.78, 5) is 11.2. The minimum Gasteiger partial charge on any atom is -0.295 e. The fourth-order valence-corrected chi connectivity index (χ4v) is 3.28. The molecule has 0 heterocycles. The third kappa shape index (κ3) is 3.08. The minimum absolute atomic E-state index is 0.283. The topological polar surface area (TPSA) is 17.1 Å². The smallest absolute Gasteiger partial charge is 0.156 e. The summed E-state index contributed by atoms with van der Waals surface area (Å²) in [5, 5.41) is 0. The molecule has 1 atom stereocenters. The Morgan fingerprint density at radius 2 is 2.06 bits per heavy atom. The van der Waals surface area contributed by atoms with Crippen molar-refractivity contribution in [2.45, 2.75) is 59.3 Å². The van der Waals surface area contributed by atoms with E-state index in [-0.39, 0.29) is 5.78 Å². The van der Waals surface area contributed by atoms with Gasteiger partial charge in [-0.3, -0.25) is 4.79 Å². The van der Waals surface area contributed by atoms with E-state index in [0.717, 1.165) is 12.3 Å². The van der Waals surface area contributed by atoms with Gasteiger partial charge in [-0.1, -0.05) is 31.9 Å². The second-order valence-electron chi connectivity index (χ2n) is 6.47. The molecule has 1 fully saturated rings. The third-order valence-corrected chi connectivity index (χ3v) is 4.44.